The van der Waals surface area contributed by atoms with E-state index in [9.17, 15) is 9.59 Å². The van der Waals surface area contributed by atoms with Gasteiger partial charge >= 0.3 is 6.09 Å². The molecule has 1 N–H and O–H groups in total. The first kappa shape index (κ1) is 24.1. The molecule has 7 heteroatoms. The Labute approximate surface area is 190 Å². The number of piperidine rings is 1. The van der Waals surface area contributed by atoms with Gasteiger partial charge in [-0.1, -0.05) is 26.3 Å². The van der Waals surface area contributed by atoms with Gasteiger partial charge in [-0.05, 0) is 64.9 Å². The Morgan fingerprint density at radius 3 is 2.34 bits per heavy atom. The number of carbonyl (C=O) groups excluding carboxylic acids is 1. The standard InChI is InChI=1S/C25H38N4O3/c1-9-25(7,8)21(16(2)3)18-15-26-29-19(14-20(30)27-22(18)29)17-10-12-28(13-11-17)23(31)32-24(4,5)6/h14-15,17H,9-13H2,1-8H3,(H,27,30). The van der Waals surface area contributed by atoms with Gasteiger partial charge in [0.2, 0.25) is 0 Å². The van der Waals surface area contributed by atoms with Crippen molar-refractivity contribution in [3.8, 4) is 0 Å². The minimum absolute atomic E-state index is 0.0337. The Morgan fingerprint density at radius 1 is 1.19 bits per heavy atom. The van der Waals surface area contributed by atoms with E-state index in [0.29, 0.717) is 13.1 Å². The van der Waals surface area contributed by atoms with Crippen molar-refractivity contribution in [3.05, 3.63) is 39.4 Å². The van der Waals surface area contributed by atoms with Crippen LogP contribution in [-0.4, -0.2) is 44.3 Å². The van der Waals surface area contributed by atoms with Crippen molar-refractivity contribution in [2.45, 2.75) is 86.2 Å². The molecule has 0 aliphatic carbocycles. The van der Waals surface area contributed by atoms with Crippen LogP contribution in [0.15, 0.2) is 22.6 Å². The summed E-state index contributed by atoms with van der Waals surface area (Å²) in [6, 6.07) is 1.66. The number of amides is 1. The van der Waals surface area contributed by atoms with Crippen molar-refractivity contribution in [2.75, 3.05) is 13.1 Å². The van der Waals surface area contributed by atoms with E-state index in [-0.39, 0.29) is 23.0 Å². The van der Waals surface area contributed by atoms with Crippen molar-refractivity contribution in [1.29, 1.82) is 0 Å². The van der Waals surface area contributed by atoms with Crippen LogP contribution in [-0.2, 0) is 4.74 Å². The number of allylic oxidation sites excluding steroid dienone is 2. The zero-order valence-electron chi connectivity index (χ0n) is 20.8. The molecular weight excluding hydrogens is 404 g/mol. The summed E-state index contributed by atoms with van der Waals surface area (Å²) in [6.45, 7) is 17.7. The maximum atomic E-state index is 12.6. The summed E-state index contributed by atoms with van der Waals surface area (Å²) in [7, 11) is 0. The molecule has 7 nitrogen and oxygen atoms in total. The number of hydrogen-bond donors (Lipinski definition) is 1. The van der Waals surface area contributed by atoms with Crippen LogP contribution in [0.4, 0.5) is 4.79 Å². The minimum atomic E-state index is -0.507. The van der Waals surface area contributed by atoms with E-state index < -0.39 is 5.60 Å². The lowest BCUT2D eigenvalue weighted by Gasteiger charge is -2.33. The number of fused-ring (bicyclic) bond motifs is 1. The van der Waals surface area contributed by atoms with E-state index in [1.165, 1.54) is 11.1 Å². The first-order chi connectivity index (χ1) is 14.8. The Morgan fingerprint density at radius 2 is 1.81 bits per heavy atom. The van der Waals surface area contributed by atoms with Gasteiger partial charge in [-0.3, -0.25) is 4.79 Å². The number of aromatic nitrogens is 3. The van der Waals surface area contributed by atoms with Gasteiger partial charge in [0.05, 0.1) is 11.9 Å². The molecule has 2 aromatic rings. The third kappa shape index (κ3) is 4.92. The van der Waals surface area contributed by atoms with Gasteiger partial charge in [0.25, 0.3) is 5.56 Å². The number of rotatable bonds is 4. The molecule has 1 saturated heterocycles. The largest absolute Gasteiger partial charge is 0.444 e. The topological polar surface area (TPSA) is 79.7 Å². The molecule has 2 aromatic heterocycles. The van der Waals surface area contributed by atoms with Crippen molar-refractivity contribution in [2.24, 2.45) is 5.41 Å². The zero-order valence-corrected chi connectivity index (χ0v) is 20.8. The minimum Gasteiger partial charge on any atom is -0.444 e. The van der Waals surface area contributed by atoms with Crippen LogP contribution in [0, 0.1) is 5.41 Å². The summed E-state index contributed by atoms with van der Waals surface area (Å²) in [6.07, 6.45) is 4.12. The molecule has 1 amide bonds. The molecule has 0 bridgehead atoms. The molecule has 0 atom stereocenters. The number of likely N-dealkylation sites (tertiary alicyclic amines) is 1. The summed E-state index contributed by atoms with van der Waals surface area (Å²) in [5, 5.41) is 4.70. The van der Waals surface area contributed by atoms with Gasteiger partial charge < -0.3 is 14.6 Å². The van der Waals surface area contributed by atoms with E-state index in [1.54, 1.807) is 11.0 Å². The summed E-state index contributed by atoms with van der Waals surface area (Å²) >= 11 is 0. The SMILES string of the molecule is CCC(C)(C)C(=C(C)C)c1cnn2c(C3CCN(C(=O)OC(C)(C)C)CC3)cc(=O)[nH]c12. The predicted octanol–water partition coefficient (Wildman–Crippen LogP) is 5.37. The van der Waals surface area contributed by atoms with Crippen LogP contribution in [0.2, 0.25) is 0 Å². The van der Waals surface area contributed by atoms with Crippen molar-refractivity contribution in [1.82, 2.24) is 19.5 Å². The number of carbonyl (C=O) groups is 1. The van der Waals surface area contributed by atoms with E-state index in [0.717, 1.165) is 36.2 Å². The highest BCUT2D eigenvalue weighted by molar-refractivity contribution is 5.80. The Bertz CT molecular complexity index is 1070. The predicted molar refractivity (Wildman–Crippen MR) is 128 cm³/mol. The monoisotopic (exact) mass is 442 g/mol. The third-order valence-electron chi connectivity index (χ3n) is 6.43. The van der Waals surface area contributed by atoms with Crippen molar-refractivity contribution < 1.29 is 9.53 Å². The van der Waals surface area contributed by atoms with E-state index >= 15 is 0 Å². The number of nitrogens with zero attached hydrogens (tertiary/aromatic N) is 3. The lowest BCUT2D eigenvalue weighted by molar-refractivity contribution is 0.0203. The highest BCUT2D eigenvalue weighted by atomic mass is 16.6. The molecule has 0 aromatic carbocycles. The molecule has 176 valence electrons. The average molecular weight is 443 g/mol. The lowest BCUT2D eigenvalue weighted by atomic mass is 9.77. The smallest absolute Gasteiger partial charge is 0.410 e. The molecule has 0 saturated carbocycles. The van der Waals surface area contributed by atoms with Crippen LogP contribution in [0.1, 0.15) is 91.8 Å². The van der Waals surface area contributed by atoms with Crippen LogP contribution >= 0.6 is 0 Å². The maximum Gasteiger partial charge on any atom is 0.410 e. The fraction of sp³-hybridized carbons (Fsp3) is 0.640. The molecule has 0 radical (unpaired) electrons. The first-order valence-corrected chi connectivity index (χ1v) is 11.6. The van der Waals surface area contributed by atoms with E-state index in [1.807, 2.05) is 31.5 Å². The number of ether oxygens (including phenoxy) is 1. The van der Waals surface area contributed by atoms with Gasteiger partial charge in [-0.25, -0.2) is 9.31 Å². The number of aromatic amines is 1. The Balaban J connectivity index is 1.93. The van der Waals surface area contributed by atoms with Gasteiger partial charge in [0, 0.05) is 30.6 Å². The van der Waals surface area contributed by atoms with Crippen LogP contribution < -0.4 is 5.56 Å². The normalized spacial score (nSPS) is 15.8. The van der Waals surface area contributed by atoms with Gasteiger partial charge in [-0.15, -0.1) is 0 Å². The molecule has 0 spiro atoms. The molecule has 3 heterocycles. The van der Waals surface area contributed by atoms with Crippen LogP contribution in [0.25, 0.3) is 11.2 Å². The Hall–Kier alpha value is -2.57. The summed E-state index contributed by atoms with van der Waals surface area (Å²) in [4.78, 5) is 29.8. The zero-order chi connectivity index (χ0) is 23.8. The third-order valence-corrected chi connectivity index (χ3v) is 6.43. The maximum absolute atomic E-state index is 12.6. The molecule has 3 rings (SSSR count). The van der Waals surface area contributed by atoms with Crippen LogP contribution in [0.5, 0.6) is 0 Å². The molecule has 1 aliphatic heterocycles. The molecule has 0 unspecified atom stereocenters. The highest BCUT2D eigenvalue weighted by Gasteiger charge is 2.31. The number of nitrogens with one attached hydrogen (secondary N) is 1. The first-order valence-electron chi connectivity index (χ1n) is 11.6. The lowest BCUT2D eigenvalue weighted by Crippen LogP contribution is -2.41. The van der Waals surface area contributed by atoms with E-state index in [2.05, 4.69) is 39.6 Å². The molecule has 32 heavy (non-hydrogen) atoms. The van der Waals surface area contributed by atoms with E-state index in [4.69, 9.17) is 9.84 Å². The Kier molecular flexibility index (Phi) is 6.59. The second kappa shape index (κ2) is 8.75. The fourth-order valence-corrected chi connectivity index (χ4v) is 4.66. The van der Waals surface area contributed by atoms with Gasteiger partial charge in [-0.2, -0.15) is 5.10 Å². The summed E-state index contributed by atoms with van der Waals surface area (Å²) in [5.41, 5.74) is 4.43. The fourth-order valence-electron chi connectivity index (χ4n) is 4.66. The molecule has 1 fully saturated rings. The summed E-state index contributed by atoms with van der Waals surface area (Å²) in [5.74, 6) is 0.153. The number of hydrogen-bond acceptors (Lipinski definition) is 4. The van der Waals surface area contributed by atoms with Crippen molar-refractivity contribution >= 4 is 17.3 Å². The summed E-state index contributed by atoms with van der Waals surface area (Å²) < 4.78 is 7.40. The number of H-pyrrole nitrogens is 1. The second-order valence-electron chi connectivity index (χ2n) is 10.7. The molecular formula is C25H38N4O3. The quantitative estimate of drug-likeness (QED) is 0.691. The average Bonchev–Trinajstić information content (AvgIpc) is 3.09. The van der Waals surface area contributed by atoms with Crippen LogP contribution in [0.3, 0.4) is 0 Å². The van der Waals surface area contributed by atoms with Gasteiger partial charge in [0.1, 0.15) is 11.2 Å². The second-order valence-corrected chi connectivity index (χ2v) is 10.7. The van der Waals surface area contributed by atoms with Crippen molar-refractivity contribution in [3.63, 3.8) is 0 Å². The van der Waals surface area contributed by atoms with Gasteiger partial charge in [0.15, 0.2) is 0 Å². The highest BCUT2D eigenvalue weighted by Crippen LogP contribution is 2.41. The molecule has 1 aliphatic rings.